The average Bonchev–Trinajstić information content (AvgIpc) is 3.22. The Hall–Kier alpha value is -1.68. The van der Waals surface area contributed by atoms with Gasteiger partial charge in [0.25, 0.3) is 0 Å². The maximum absolute atomic E-state index is 4.65. The molecule has 0 radical (unpaired) electrons. The molecule has 2 aromatic rings. The Morgan fingerprint density at radius 1 is 1.25 bits per heavy atom. The molecule has 0 aromatic carbocycles. The second-order valence-corrected chi connectivity index (χ2v) is 5.42. The van der Waals surface area contributed by atoms with Crippen molar-refractivity contribution in [2.24, 2.45) is 0 Å². The predicted octanol–water partition coefficient (Wildman–Crippen LogP) is 2.64. The quantitative estimate of drug-likeness (QED) is 0.877. The average molecular weight is 270 g/mol. The van der Waals surface area contributed by atoms with Gasteiger partial charge in [-0.1, -0.05) is 13.8 Å². The van der Waals surface area contributed by atoms with Gasteiger partial charge in [-0.25, -0.2) is 9.67 Å². The molecule has 1 aliphatic rings. The van der Waals surface area contributed by atoms with Gasteiger partial charge in [-0.3, -0.25) is 0 Å². The molecule has 2 aromatic heterocycles. The molecule has 1 N–H and O–H groups in total. The van der Waals surface area contributed by atoms with Crippen LogP contribution in [0.15, 0.2) is 24.4 Å². The van der Waals surface area contributed by atoms with E-state index < -0.39 is 0 Å². The van der Waals surface area contributed by atoms with Crippen LogP contribution in [0.1, 0.15) is 43.6 Å². The van der Waals surface area contributed by atoms with Crippen LogP contribution >= 0.6 is 0 Å². The monoisotopic (exact) mass is 270 g/mol. The molecule has 1 saturated carbocycles. The van der Waals surface area contributed by atoms with Gasteiger partial charge in [0.15, 0.2) is 5.82 Å². The molecule has 0 bridgehead atoms. The molecule has 106 valence electrons. The second kappa shape index (κ2) is 5.75. The summed E-state index contributed by atoms with van der Waals surface area (Å²) >= 11 is 0. The predicted molar refractivity (Wildman–Crippen MR) is 80.0 cm³/mol. The van der Waals surface area contributed by atoms with Gasteiger partial charge in [0.1, 0.15) is 0 Å². The third kappa shape index (κ3) is 2.90. The van der Waals surface area contributed by atoms with E-state index in [-0.39, 0.29) is 0 Å². The SMILES string of the molecule is CCc1cc(CC)n(-c2cc(CNC3CC3)ccn2)n1. The van der Waals surface area contributed by atoms with E-state index in [1.54, 1.807) is 0 Å². The summed E-state index contributed by atoms with van der Waals surface area (Å²) < 4.78 is 1.99. The minimum absolute atomic E-state index is 0.731. The molecule has 4 heteroatoms. The van der Waals surface area contributed by atoms with Crippen LogP contribution in [-0.2, 0) is 19.4 Å². The van der Waals surface area contributed by atoms with Crippen LogP contribution in [0.4, 0.5) is 0 Å². The second-order valence-electron chi connectivity index (χ2n) is 5.42. The number of aromatic nitrogens is 3. The standard InChI is InChI=1S/C16H22N4/c1-3-13-10-15(4-2)20(19-13)16-9-12(7-8-17-16)11-18-14-5-6-14/h7-10,14,18H,3-6,11H2,1-2H3. The molecule has 1 aliphatic carbocycles. The normalized spacial score (nSPS) is 14.7. The Kier molecular flexibility index (Phi) is 3.83. The van der Waals surface area contributed by atoms with Crippen LogP contribution in [0.3, 0.4) is 0 Å². The zero-order chi connectivity index (χ0) is 13.9. The fourth-order valence-corrected chi connectivity index (χ4v) is 2.33. The van der Waals surface area contributed by atoms with Crippen LogP contribution in [-0.4, -0.2) is 20.8 Å². The molecule has 0 spiro atoms. The highest BCUT2D eigenvalue weighted by Crippen LogP contribution is 2.19. The summed E-state index contributed by atoms with van der Waals surface area (Å²) in [5.41, 5.74) is 3.63. The van der Waals surface area contributed by atoms with Crippen molar-refractivity contribution in [3.63, 3.8) is 0 Å². The molecule has 0 aliphatic heterocycles. The molecule has 0 saturated heterocycles. The van der Waals surface area contributed by atoms with Gasteiger partial charge in [0.2, 0.25) is 0 Å². The maximum Gasteiger partial charge on any atom is 0.153 e. The van der Waals surface area contributed by atoms with E-state index in [4.69, 9.17) is 0 Å². The van der Waals surface area contributed by atoms with E-state index in [9.17, 15) is 0 Å². The summed E-state index contributed by atoms with van der Waals surface area (Å²) in [4.78, 5) is 4.48. The fourth-order valence-electron chi connectivity index (χ4n) is 2.33. The van der Waals surface area contributed by atoms with E-state index in [0.29, 0.717) is 0 Å². The van der Waals surface area contributed by atoms with Crippen molar-refractivity contribution >= 4 is 0 Å². The zero-order valence-corrected chi connectivity index (χ0v) is 12.3. The third-order valence-electron chi connectivity index (χ3n) is 3.76. The van der Waals surface area contributed by atoms with Crippen molar-refractivity contribution in [1.29, 1.82) is 0 Å². The molecule has 2 heterocycles. The van der Waals surface area contributed by atoms with Gasteiger partial charge >= 0.3 is 0 Å². The van der Waals surface area contributed by atoms with Crippen molar-refractivity contribution in [3.05, 3.63) is 41.3 Å². The van der Waals surface area contributed by atoms with Crippen molar-refractivity contribution in [3.8, 4) is 5.82 Å². The summed E-state index contributed by atoms with van der Waals surface area (Å²) in [5, 5.41) is 8.19. The molecule has 1 fully saturated rings. The Morgan fingerprint density at radius 2 is 2.10 bits per heavy atom. The van der Waals surface area contributed by atoms with Crippen LogP contribution in [0, 0.1) is 0 Å². The number of rotatable bonds is 6. The molecule has 0 unspecified atom stereocenters. The van der Waals surface area contributed by atoms with Gasteiger partial charge in [0, 0.05) is 24.5 Å². The number of hydrogen-bond donors (Lipinski definition) is 1. The molecule has 3 rings (SSSR count). The van der Waals surface area contributed by atoms with Crippen molar-refractivity contribution in [1.82, 2.24) is 20.1 Å². The topological polar surface area (TPSA) is 42.7 Å². The van der Waals surface area contributed by atoms with Crippen molar-refractivity contribution in [2.45, 2.75) is 52.1 Å². The summed E-state index contributed by atoms with van der Waals surface area (Å²) in [5.74, 6) is 0.927. The van der Waals surface area contributed by atoms with Crippen molar-refractivity contribution in [2.75, 3.05) is 0 Å². The van der Waals surface area contributed by atoms with E-state index in [1.165, 1.54) is 24.1 Å². The fraction of sp³-hybridized carbons (Fsp3) is 0.500. The van der Waals surface area contributed by atoms with Gasteiger partial charge in [-0.15, -0.1) is 0 Å². The van der Waals surface area contributed by atoms with E-state index in [0.717, 1.165) is 36.9 Å². The smallest absolute Gasteiger partial charge is 0.153 e. The van der Waals surface area contributed by atoms with Gasteiger partial charge in [-0.05, 0) is 49.4 Å². The first-order valence-corrected chi connectivity index (χ1v) is 7.56. The van der Waals surface area contributed by atoms with E-state index in [2.05, 4.69) is 47.4 Å². The summed E-state index contributed by atoms with van der Waals surface area (Å²) in [7, 11) is 0. The lowest BCUT2D eigenvalue weighted by atomic mass is 10.2. The van der Waals surface area contributed by atoms with Gasteiger partial charge in [0.05, 0.1) is 5.69 Å². The number of nitrogens with zero attached hydrogens (tertiary/aromatic N) is 3. The van der Waals surface area contributed by atoms with E-state index in [1.807, 2.05) is 10.9 Å². The number of aryl methyl sites for hydroxylation is 2. The number of pyridine rings is 1. The Labute approximate surface area is 120 Å². The molecule has 20 heavy (non-hydrogen) atoms. The lowest BCUT2D eigenvalue weighted by Gasteiger charge is -2.08. The molecular weight excluding hydrogens is 248 g/mol. The van der Waals surface area contributed by atoms with Crippen LogP contribution in [0.5, 0.6) is 0 Å². The Balaban J connectivity index is 1.84. The molecule has 4 nitrogen and oxygen atoms in total. The Bertz CT molecular complexity index is 584. The molecule has 0 amide bonds. The largest absolute Gasteiger partial charge is 0.310 e. The number of hydrogen-bond acceptors (Lipinski definition) is 3. The first kappa shape index (κ1) is 13.3. The van der Waals surface area contributed by atoms with Crippen LogP contribution in [0.2, 0.25) is 0 Å². The first-order valence-electron chi connectivity index (χ1n) is 7.56. The zero-order valence-electron chi connectivity index (χ0n) is 12.3. The molecule has 0 atom stereocenters. The van der Waals surface area contributed by atoms with Crippen LogP contribution < -0.4 is 5.32 Å². The minimum atomic E-state index is 0.731. The lowest BCUT2D eigenvalue weighted by molar-refractivity contribution is 0.684. The Morgan fingerprint density at radius 3 is 2.80 bits per heavy atom. The van der Waals surface area contributed by atoms with Crippen LogP contribution in [0.25, 0.3) is 5.82 Å². The summed E-state index contributed by atoms with van der Waals surface area (Å²) in [6, 6.07) is 7.13. The minimum Gasteiger partial charge on any atom is -0.310 e. The third-order valence-corrected chi connectivity index (χ3v) is 3.76. The van der Waals surface area contributed by atoms with Gasteiger partial charge < -0.3 is 5.32 Å². The first-order chi connectivity index (χ1) is 9.80. The number of nitrogens with one attached hydrogen (secondary N) is 1. The highest BCUT2D eigenvalue weighted by molar-refractivity contribution is 5.30. The van der Waals surface area contributed by atoms with E-state index >= 15 is 0 Å². The highest BCUT2D eigenvalue weighted by atomic mass is 15.3. The van der Waals surface area contributed by atoms with Crippen molar-refractivity contribution < 1.29 is 0 Å². The summed E-state index contributed by atoms with van der Waals surface area (Å²) in [6.07, 6.45) is 6.45. The summed E-state index contributed by atoms with van der Waals surface area (Å²) in [6.45, 7) is 5.21. The van der Waals surface area contributed by atoms with Gasteiger partial charge in [-0.2, -0.15) is 5.10 Å². The lowest BCUT2D eigenvalue weighted by Crippen LogP contribution is -2.15. The highest BCUT2D eigenvalue weighted by Gasteiger charge is 2.20. The molecular formula is C16H22N4. The maximum atomic E-state index is 4.65.